The van der Waals surface area contributed by atoms with Crippen LogP contribution in [0, 0.1) is 5.92 Å². The molecule has 3 amide bonds. The van der Waals surface area contributed by atoms with Gasteiger partial charge in [0.2, 0.25) is 0 Å². The molecule has 3 rings (SSSR count). The quantitative estimate of drug-likeness (QED) is 0.466. The van der Waals surface area contributed by atoms with Crippen molar-refractivity contribution in [3.8, 4) is 0 Å². The molecule has 9 heteroatoms. The third kappa shape index (κ3) is 7.90. The van der Waals surface area contributed by atoms with E-state index in [-0.39, 0.29) is 31.2 Å². The van der Waals surface area contributed by atoms with Gasteiger partial charge in [0.15, 0.2) is 0 Å². The van der Waals surface area contributed by atoms with Gasteiger partial charge in [-0.25, -0.2) is 14.4 Å². The maximum Gasteiger partial charge on any atom is 0.411 e. The molecular formula is C27H35N3O6. The maximum absolute atomic E-state index is 12.5. The summed E-state index contributed by atoms with van der Waals surface area (Å²) in [6.07, 6.45) is -0.639. The highest BCUT2D eigenvalue weighted by molar-refractivity contribution is 5.84. The van der Waals surface area contributed by atoms with E-state index in [0.29, 0.717) is 24.9 Å². The number of carbonyl (C=O) groups is 3. The minimum absolute atomic E-state index is 0.0242. The Labute approximate surface area is 211 Å². The highest BCUT2D eigenvalue weighted by Crippen LogP contribution is 2.32. The normalized spacial score (nSPS) is 19.6. The maximum atomic E-state index is 12.5. The fraction of sp³-hybridized carbons (Fsp3) is 0.444. The first kappa shape index (κ1) is 26.8. The molecular weight excluding hydrogens is 462 g/mol. The lowest BCUT2D eigenvalue weighted by Gasteiger charge is -2.45. The molecule has 194 valence electrons. The number of anilines is 1. The molecule has 3 atom stereocenters. The summed E-state index contributed by atoms with van der Waals surface area (Å²) in [4.78, 5) is 38.4. The zero-order valence-electron chi connectivity index (χ0n) is 21.0. The Morgan fingerprint density at radius 3 is 2.19 bits per heavy atom. The predicted octanol–water partition coefficient (Wildman–Crippen LogP) is 5.48. The molecule has 0 saturated heterocycles. The largest absolute Gasteiger partial charge is 0.465 e. The Morgan fingerprint density at radius 2 is 1.58 bits per heavy atom. The number of nitrogens with one attached hydrogen (secondary N) is 2. The first-order valence-corrected chi connectivity index (χ1v) is 12.1. The number of ether oxygens (including phenoxy) is 2. The van der Waals surface area contributed by atoms with E-state index in [9.17, 15) is 19.5 Å². The number of benzene rings is 2. The Morgan fingerprint density at radius 1 is 0.944 bits per heavy atom. The van der Waals surface area contributed by atoms with E-state index < -0.39 is 23.8 Å². The summed E-state index contributed by atoms with van der Waals surface area (Å²) in [7, 11) is 0. The van der Waals surface area contributed by atoms with Crippen molar-refractivity contribution in [3.63, 3.8) is 0 Å². The van der Waals surface area contributed by atoms with E-state index in [1.54, 1.807) is 24.3 Å². The van der Waals surface area contributed by atoms with Crippen LogP contribution in [0.4, 0.5) is 20.1 Å². The molecule has 3 N–H and O–H groups in total. The molecule has 1 aliphatic rings. The summed E-state index contributed by atoms with van der Waals surface area (Å²) in [6.45, 7) is 5.72. The first-order valence-electron chi connectivity index (χ1n) is 12.1. The lowest BCUT2D eigenvalue weighted by Crippen LogP contribution is -2.56. The molecule has 9 nitrogen and oxygen atoms in total. The van der Waals surface area contributed by atoms with Crippen molar-refractivity contribution in [1.82, 2.24) is 10.2 Å². The van der Waals surface area contributed by atoms with E-state index in [1.165, 1.54) is 4.90 Å². The lowest BCUT2D eigenvalue weighted by molar-refractivity contribution is 0.0259. The number of hydrogen-bond acceptors (Lipinski definition) is 5. The topological polar surface area (TPSA) is 117 Å². The second-order valence-corrected chi connectivity index (χ2v) is 9.95. The zero-order chi connectivity index (χ0) is 26.1. The van der Waals surface area contributed by atoms with Gasteiger partial charge < -0.3 is 24.8 Å². The third-order valence-electron chi connectivity index (χ3n) is 6.21. The summed E-state index contributed by atoms with van der Waals surface area (Å²) in [5.41, 5.74) is 0.880. The molecule has 0 aromatic heterocycles. The Bertz CT molecular complexity index is 1010. The van der Waals surface area contributed by atoms with Crippen LogP contribution >= 0.6 is 0 Å². The number of para-hydroxylation sites is 1. The van der Waals surface area contributed by atoms with Crippen LogP contribution in [-0.2, 0) is 16.1 Å². The van der Waals surface area contributed by atoms with Gasteiger partial charge in [-0.2, -0.15) is 0 Å². The van der Waals surface area contributed by atoms with Crippen molar-refractivity contribution >= 4 is 24.0 Å². The molecule has 0 heterocycles. The lowest BCUT2D eigenvalue weighted by atomic mass is 9.80. The number of amides is 3. The number of alkyl carbamates (subject to hydrolysis) is 1. The Hall–Kier alpha value is -3.75. The monoisotopic (exact) mass is 497 g/mol. The summed E-state index contributed by atoms with van der Waals surface area (Å²) < 4.78 is 10.9. The van der Waals surface area contributed by atoms with Crippen LogP contribution in [-0.4, -0.2) is 52.5 Å². The van der Waals surface area contributed by atoms with Crippen LogP contribution in [0.1, 0.15) is 45.6 Å². The van der Waals surface area contributed by atoms with Gasteiger partial charge in [-0.15, -0.1) is 0 Å². The van der Waals surface area contributed by atoms with Crippen LogP contribution in [0.15, 0.2) is 60.7 Å². The van der Waals surface area contributed by atoms with Crippen molar-refractivity contribution in [2.75, 3.05) is 11.9 Å². The van der Waals surface area contributed by atoms with Crippen molar-refractivity contribution in [2.24, 2.45) is 5.92 Å². The van der Waals surface area contributed by atoms with Crippen LogP contribution in [0.2, 0.25) is 0 Å². The van der Waals surface area contributed by atoms with E-state index in [4.69, 9.17) is 9.47 Å². The van der Waals surface area contributed by atoms with Crippen LogP contribution < -0.4 is 10.6 Å². The molecule has 2 aromatic rings. The van der Waals surface area contributed by atoms with Crippen molar-refractivity contribution in [2.45, 2.75) is 64.3 Å². The number of hydrogen-bond donors (Lipinski definition) is 3. The van der Waals surface area contributed by atoms with Gasteiger partial charge in [0.25, 0.3) is 0 Å². The molecule has 2 aromatic carbocycles. The molecule has 1 saturated carbocycles. The SMILES string of the molecule is CC(C)(C)N(C(=O)O)[C@@H]1CC[C@H](NC(=O)OCc2ccccc2)[C@H](COC(=O)Nc2ccccc2)C1. The standard InChI is InChI=1S/C27H35N3O6/c1-27(2,3)30(26(33)34)22-14-15-23(29-25(32)35-17-19-10-6-4-7-11-19)20(16-22)18-36-24(31)28-21-12-8-5-9-13-21/h4-13,20,22-23H,14-18H2,1-3H3,(H,28,31)(H,29,32)(H,33,34)/t20-,22+,23-/m0/s1. The fourth-order valence-electron chi connectivity index (χ4n) is 4.61. The van der Waals surface area contributed by atoms with Crippen molar-refractivity contribution in [3.05, 3.63) is 66.2 Å². The molecule has 36 heavy (non-hydrogen) atoms. The van der Waals surface area contributed by atoms with Crippen molar-refractivity contribution in [1.29, 1.82) is 0 Å². The number of rotatable bonds is 7. The highest BCUT2D eigenvalue weighted by atomic mass is 16.6. The van der Waals surface area contributed by atoms with Gasteiger partial charge in [-0.05, 0) is 57.7 Å². The number of nitrogens with zero attached hydrogens (tertiary/aromatic N) is 1. The zero-order valence-corrected chi connectivity index (χ0v) is 21.0. The molecule has 0 spiro atoms. The van der Waals surface area contributed by atoms with E-state index in [2.05, 4.69) is 10.6 Å². The second-order valence-electron chi connectivity index (χ2n) is 9.95. The molecule has 0 aliphatic heterocycles. The van der Waals surface area contributed by atoms with E-state index in [1.807, 2.05) is 57.2 Å². The summed E-state index contributed by atoms with van der Waals surface area (Å²) in [6, 6.07) is 17.7. The van der Waals surface area contributed by atoms with Gasteiger partial charge in [0, 0.05) is 29.2 Å². The highest BCUT2D eigenvalue weighted by Gasteiger charge is 2.40. The smallest absolute Gasteiger partial charge is 0.411 e. The first-order chi connectivity index (χ1) is 17.1. The van der Waals surface area contributed by atoms with Crippen LogP contribution in [0.3, 0.4) is 0 Å². The van der Waals surface area contributed by atoms with Crippen LogP contribution in [0.5, 0.6) is 0 Å². The van der Waals surface area contributed by atoms with E-state index >= 15 is 0 Å². The molecule has 0 bridgehead atoms. The Balaban J connectivity index is 1.65. The average Bonchev–Trinajstić information content (AvgIpc) is 2.83. The predicted molar refractivity (Wildman–Crippen MR) is 136 cm³/mol. The fourth-order valence-corrected chi connectivity index (χ4v) is 4.61. The number of carbonyl (C=O) groups excluding carboxylic acids is 2. The van der Waals surface area contributed by atoms with Gasteiger partial charge in [0.05, 0.1) is 6.61 Å². The van der Waals surface area contributed by atoms with Gasteiger partial charge in [-0.1, -0.05) is 48.5 Å². The minimum Gasteiger partial charge on any atom is -0.465 e. The molecule has 1 fully saturated rings. The van der Waals surface area contributed by atoms with E-state index in [0.717, 1.165) is 5.56 Å². The van der Waals surface area contributed by atoms with Crippen LogP contribution in [0.25, 0.3) is 0 Å². The third-order valence-corrected chi connectivity index (χ3v) is 6.21. The summed E-state index contributed by atoms with van der Waals surface area (Å²) >= 11 is 0. The molecule has 0 radical (unpaired) electrons. The summed E-state index contributed by atoms with van der Waals surface area (Å²) in [5.74, 6) is -0.293. The minimum atomic E-state index is -0.998. The average molecular weight is 498 g/mol. The van der Waals surface area contributed by atoms with Gasteiger partial charge >= 0.3 is 18.3 Å². The number of carboxylic acid groups (broad SMARTS) is 1. The Kier molecular flexibility index (Phi) is 9.16. The second kappa shape index (κ2) is 12.3. The molecule has 1 aliphatic carbocycles. The van der Waals surface area contributed by atoms with Crippen molar-refractivity contribution < 1.29 is 29.0 Å². The van der Waals surface area contributed by atoms with Gasteiger partial charge in [0.1, 0.15) is 6.61 Å². The molecule has 0 unspecified atom stereocenters. The van der Waals surface area contributed by atoms with Gasteiger partial charge in [-0.3, -0.25) is 5.32 Å². The summed E-state index contributed by atoms with van der Waals surface area (Å²) in [5, 5.41) is 15.4.